The molecule has 0 bridgehead atoms. The summed E-state index contributed by atoms with van der Waals surface area (Å²) in [5.74, 6) is 1.19. The standard InChI is InChI=1S/C18H21N3O3/c1-23-16-7-6-14(21-18(22)15-5-3-9-20-15)10-17(16)24-12-13-4-2-8-19-11-13/h2,4,6-8,10-11,15,20H,3,5,9,12H2,1H3,(H,21,22). The van der Waals surface area contributed by atoms with Crippen LogP contribution in [0.5, 0.6) is 11.5 Å². The zero-order chi connectivity index (χ0) is 16.8. The maximum absolute atomic E-state index is 12.2. The first-order valence-corrected chi connectivity index (χ1v) is 8.00. The smallest absolute Gasteiger partial charge is 0.241 e. The third-order valence-corrected chi connectivity index (χ3v) is 3.93. The van der Waals surface area contributed by atoms with E-state index in [1.54, 1.807) is 31.6 Å². The van der Waals surface area contributed by atoms with Crippen LogP contribution in [-0.2, 0) is 11.4 Å². The number of amides is 1. The summed E-state index contributed by atoms with van der Waals surface area (Å²) in [6.45, 7) is 1.27. The van der Waals surface area contributed by atoms with Gasteiger partial charge in [0.15, 0.2) is 11.5 Å². The van der Waals surface area contributed by atoms with E-state index >= 15 is 0 Å². The van der Waals surface area contributed by atoms with Crippen LogP contribution in [0.15, 0.2) is 42.7 Å². The lowest BCUT2D eigenvalue weighted by atomic mass is 10.2. The number of hydrogen-bond donors (Lipinski definition) is 2. The normalized spacial score (nSPS) is 16.6. The van der Waals surface area contributed by atoms with Gasteiger partial charge in [-0.05, 0) is 37.6 Å². The van der Waals surface area contributed by atoms with Gasteiger partial charge < -0.3 is 20.1 Å². The highest BCUT2D eigenvalue weighted by Gasteiger charge is 2.22. The number of benzene rings is 1. The van der Waals surface area contributed by atoms with E-state index in [1.165, 1.54) is 0 Å². The second kappa shape index (κ2) is 7.79. The molecule has 6 heteroatoms. The molecule has 1 saturated heterocycles. The number of pyridine rings is 1. The number of carbonyl (C=O) groups is 1. The summed E-state index contributed by atoms with van der Waals surface area (Å²) in [5.41, 5.74) is 1.65. The minimum absolute atomic E-state index is 0.0177. The molecule has 0 saturated carbocycles. The summed E-state index contributed by atoms with van der Waals surface area (Å²) in [6, 6.07) is 9.06. The van der Waals surface area contributed by atoms with Crippen molar-refractivity contribution in [3.05, 3.63) is 48.3 Å². The van der Waals surface area contributed by atoms with Crippen LogP contribution in [0.25, 0.3) is 0 Å². The monoisotopic (exact) mass is 327 g/mol. The van der Waals surface area contributed by atoms with Crippen LogP contribution < -0.4 is 20.1 Å². The molecular formula is C18H21N3O3. The maximum atomic E-state index is 12.2. The third kappa shape index (κ3) is 4.02. The highest BCUT2D eigenvalue weighted by Crippen LogP contribution is 2.31. The van der Waals surface area contributed by atoms with Crippen LogP contribution in [0.2, 0.25) is 0 Å². The minimum Gasteiger partial charge on any atom is -0.493 e. The van der Waals surface area contributed by atoms with E-state index < -0.39 is 0 Å². The molecular weight excluding hydrogens is 306 g/mol. The molecule has 24 heavy (non-hydrogen) atoms. The van der Waals surface area contributed by atoms with Gasteiger partial charge in [0.1, 0.15) is 6.61 Å². The Morgan fingerprint density at radius 2 is 2.29 bits per heavy atom. The van der Waals surface area contributed by atoms with Crippen LogP contribution in [0, 0.1) is 0 Å². The molecule has 3 rings (SSSR count). The van der Waals surface area contributed by atoms with Gasteiger partial charge in [0.25, 0.3) is 0 Å². The van der Waals surface area contributed by atoms with Crippen molar-refractivity contribution in [2.24, 2.45) is 0 Å². The van der Waals surface area contributed by atoms with Crippen molar-refractivity contribution in [2.75, 3.05) is 19.0 Å². The number of rotatable bonds is 6. The van der Waals surface area contributed by atoms with E-state index in [0.717, 1.165) is 24.9 Å². The molecule has 1 amide bonds. The highest BCUT2D eigenvalue weighted by atomic mass is 16.5. The van der Waals surface area contributed by atoms with Crippen molar-refractivity contribution >= 4 is 11.6 Å². The van der Waals surface area contributed by atoms with Gasteiger partial charge in [-0.1, -0.05) is 6.07 Å². The van der Waals surface area contributed by atoms with Crippen LogP contribution >= 0.6 is 0 Å². The summed E-state index contributed by atoms with van der Waals surface area (Å²) >= 11 is 0. The fourth-order valence-electron chi connectivity index (χ4n) is 2.65. The number of aromatic nitrogens is 1. The van der Waals surface area contributed by atoms with Gasteiger partial charge in [-0.2, -0.15) is 0 Å². The summed E-state index contributed by atoms with van der Waals surface area (Å²) in [4.78, 5) is 16.3. The van der Waals surface area contributed by atoms with Gasteiger partial charge in [-0.15, -0.1) is 0 Å². The van der Waals surface area contributed by atoms with Crippen molar-refractivity contribution in [2.45, 2.75) is 25.5 Å². The SMILES string of the molecule is COc1ccc(NC(=O)C2CCCN2)cc1OCc1cccnc1. The van der Waals surface area contributed by atoms with Crippen molar-refractivity contribution in [3.8, 4) is 11.5 Å². The van der Waals surface area contributed by atoms with Gasteiger partial charge in [0.05, 0.1) is 13.2 Å². The van der Waals surface area contributed by atoms with E-state index in [0.29, 0.717) is 23.8 Å². The van der Waals surface area contributed by atoms with Gasteiger partial charge in [-0.3, -0.25) is 9.78 Å². The Morgan fingerprint density at radius 1 is 1.38 bits per heavy atom. The van der Waals surface area contributed by atoms with E-state index in [-0.39, 0.29) is 11.9 Å². The Balaban J connectivity index is 1.69. The largest absolute Gasteiger partial charge is 0.493 e. The first kappa shape index (κ1) is 16.3. The number of ether oxygens (including phenoxy) is 2. The summed E-state index contributed by atoms with van der Waals surface area (Å²) in [7, 11) is 1.59. The molecule has 0 aliphatic carbocycles. The fraction of sp³-hybridized carbons (Fsp3) is 0.333. The van der Waals surface area contributed by atoms with Gasteiger partial charge >= 0.3 is 0 Å². The Labute approximate surface area is 141 Å². The number of carbonyl (C=O) groups excluding carboxylic acids is 1. The Kier molecular flexibility index (Phi) is 5.28. The molecule has 1 aliphatic heterocycles. The first-order valence-electron chi connectivity index (χ1n) is 8.00. The molecule has 2 N–H and O–H groups in total. The highest BCUT2D eigenvalue weighted by molar-refractivity contribution is 5.95. The summed E-state index contributed by atoms with van der Waals surface area (Å²) in [5, 5.41) is 6.11. The van der Waals surface area contributed by atoms with Gasteiger partial charge in [0, 0.05) is 29.7 Å². The maximum Gasteiger partial charge on any atom is 0.241 e. The van der Waals surface area contributed by atoms with Crippen molar-refractivity contribution in [1.29, 1.82) is 0 Å². The van der Waals surface area contributed by atoms with E-state index in [9.17, 15) is 4.79 Å². The molecule has 2 heterocycles. The number of methoxy groups -OCH3 is 1. The van der Waals surface area contributed by atoms with Crippen LogP contribution in [0.1, 0.15) is 18.4 Å². The van der Waals surface area contributed by atoms with Crippen LogP contribution in [-0.4, -0.2) is 30.6 Å². The minimum atomic E-state index is -0.119. The summed E-state index contributed by atoms with van der Waals surface area (Å²) in [6.07, 6.45) is 5.37. The van der Waals surface area contributed by atoms with Gasteiger partial charge in [0.2, 0.25) is 5.91 Å². The average Bonchev–Trinajstić information content (AvgIpc) is 3.16. The number of anilines is 1. The lowest BCUT2D eigenvalue weighted by Crippen LogP contribution is -2.35. The Hall–Kier alpha value is -2.60. The predicted octanol–water partition coefficient (Wildman–Crippen LogP) is 2.36. The zero-order valence-electron chi connectivity index (χ0n) is 13.6. The number of nitrogens with zero attached hydrogens (tertiary/aromatic N) is 1. The summed E-state index contributed by atoms with van der Waals surface area (Å²) < 4.78 is 11.2. The molecule has 1 aromatic heterocycles. The van der Waals surface area contributed by atoms with E-state index in [4.69, 9.17) is 9.47 Å². The van der Waals surface area contributed by atoms with Crippen molar-refractivity contribution in [3.63, 3.8) is 0 Å². The van der Waals surface area contributed by atoms with Crippen LogP contribution in [0.4, 0.5) is 5.69 Å². The zero-order valence-corrected chi connectivity index (χ0v) is 13.6. The fourth-order valence-corrected chi connectivity index (χ4v) is 2.65. The second-order valence-corrected chi connectivity index (χ2v) is 5.65. The molecule has 1 atom stereocenters. The molecule has 1 aromatic carbocycles. The topological polar surface area (TPSA) is 72.5 Å². The van der Waals surface area contributed by atoms with Crippen LogP contribution in [0.3, 0.4) is 0 Å². The average molecular weight is 327 g/mol. The molecule has 1 fully saturated rings. The number of nitrogens with one attached hydrogen (secondary N) is 2. The molecule has 1 unspecified atom stereocenters. The van der Waals surface area contributed by atoms with E-state index in [2.05, 4.69) is 15.6 Å². The molecule has 126 valence electrons. The number of hydrogen-bond acceptors (Lipinski definition) is 5. The van der Waals surface area contributed by atoms with Crippen molar-refractivity contribution < 1.29 is 14.3 Å². The molecule has 0 radical (unpaired) electrons. The Morgan fingerprint density at radius 3 is 3.00 bits per heavy atom. The Bertz CT molecular complexity index is 685. The predicted molar refractivity (Wildman–Crippen MR) is 91.2 cm³/mol. The molecule has 0 spiro atoms. The molecule has 2 aromatic rings. The third-order valence-electron chi connectivity index (χ3n) is 3.93. The quantitative estimate of drug-likeness (QED) is 0.852. The van der Waals surface area contributed by atoms with Crippen molar-refractivity contribution in [1.82, 2.24) is 10.3 Å². The molecule has 6 nitrogen and oxygen atoms in total. The first-order chi connectivity index (χ1) is 11.8. The second-order valence-electron chi connectivity index (χ2n) is 5.65. The molecule has 1 aliphatic rings. The lowest BCUT2D eigenvalue weighted by molar-refractivity contribution is -0.117. The van der Waals surface area contributed by atoms with E-state index in [1.807, 2.05) is 18.2 Å². The van der Waals surface area contributed by atoms with Gasteiger partial charge in [-0.25, -0.2) is 0 Å². The lowest BCUT2D eigenvalue weighted by Gasteiger charge is -2.14.